The molecule has 1 heterocycles. The molecule has 0 unspecified atom stereocenters. The van der Waals surface area contributed by atoms with E-state index in [-0.39, 0.29) is 17.7 Å². The molecule has 120 valence electrons. The molecule has 5 nitrogen and oxygen atoms in total. The van der Waals surface area contributed by atoms with Gasteiger partial charge in [0.25, 0.3) is 0 Å². The smallest absolute Gasteiger partial charge is 0.303 e. The molecule has 0 saturated carbocycles. The maximum absolute atomic E-state index is 11.0. The third-order valence-electron chi connectivity index (χ3n) is 3.38. The number of allylic oxidation sites excluding steroid dienone is 3. The van der Waals surface area contributed by atoms with Gasteiger partial charge in [-0.2, -0.15) is 0 Å². The quantitative estimate of drug-likeness (QED) is 0.434. The highest BCUT2D eigenvalue weighted by Gasteiger charge is 2.09. The number of unbranched alkanes of at least 4 members (excludes halogenated alkanes) is 2. The maximum Gasteiger partial charge on any atom is 0.303 e. The van der Waals surface area contributed by atoms with Crippen LogP contribution in [0.2, 0.25) is 0 Å². The number of rotatable bonds is 8. The van der Waals surface area contributed by atoms with Crippen LogP contribution in [0.4, 0.5) is 0 Å². The van der Waals surface area contributed by atoms with E-state index < -0.39 is 5.97 Å². The lowest BCUT2D eigenvalue weighted by atomic mass is 10.1. The highest BCUT2D eigenvalue weighted by atomic mass is 16.4. The van der Waals surface area contributed by atoms with Crippen molar-refractivity contribution in [3.63, 3.8) is 0 Å². The minimum absolute atomic E-state index is 0.0647. The number of hydrogen-bond donors (Lipinski definition) is 2. The number of aromatic hydroxyl groups is 1. The van der Waals surface area contributed by atoms with Crippen LogP contribution in [0.1, 0.15) is 41.8 Å². The first kappa shape index (κ1) is 16.5. The molecule has 23 heavy (non-hydrogen) atoms. The van der Waals surface area contributed by atoms with Crippen LogP contribution in [-0.4, -0.2) is 22.5 Å². The summed E-state index contributed by atoms with van der Waals surface area (Å²) in [5.41, 5.74) is 0.766. The van der Waals surface area contributed by atoms with E-state index >= 15 is 0 Å². The first-order valence-corrected chi connectivity index (χ1v) is 7.37. The zero-order valence-electron chi connectivity index (χ0n) is 12.6. The minimum atomic E-state index is -0.764. The van der Waals surface area contributed by atoms with Crippen molar-refractivity contribution >= 4 is 29.3 Å². The summed E-state index contributed by atoms with van der Waals surface area (Å²) in [4.78, 5) is 21.4. The summed E-state index contributed by atoms with van der Waals surface area (Å²) in [5.74, 6) is -0.242. The summed E-state index contributed by atoms with van der Waals surface area (Å²) in [7, 11) is 0. The Bertz CT molecular complexity index is 752. The number of benzene rings is 1. The molecular weight excluding hydrogens is 296 g/mol. The highest BCUT2D eigenvalue weighted by molar-refractivity contribution is 5.99. The fraction of sp³-hybridized carbons (Fsp3) is 0.222. The van der Waals surface area contributed by atoms with E-state index in [0.29, 0.717) is 29.4 Å². The first-order chi connectivity index (χ1) is 11.1. The number of carbonyl (C=O) groups excluding carboxylic acids is 1. The molecule has 0 radical (unpaired) electrons. The molecule has 1 aromatic heterocycles. The van der Waals surface area contributed by atoms with Gasteiger partial charge in [0, 0.05) is 11.8 Å². The van der Waals surface area contributed by atoms with Crippen LogP contribution in [0.5, 0.6) is 5.75 Å². The Hall–Kier alpha value is -2.82. The number of phenols is 1. The number of aliphatic carboxylic acids is 1. The Morgan fingerprint density at radius 2 is 2.04 bits per heavy atom. The molecular formula is C18H18O5. The number of aldehydes is 1. The highest BCUT2D eigenvalue weighted by Crippen LogP contribution is 2.28. The predicted octanol–water partition coefficient (Wildman–Crippen LogP) is 4.17. The van der Waals surface area contributed by atoms with Crippen LogP contribution < -0.4 is 0 Å². The second-order valence-corrected chi connectivity index (χ2v) is 5.10. The van der Waals surface area contributed by atoms with Gasteiger partial charge < -0.3 is 14.6 Å². The van der Waals surface area contributed by atoms with Crippen LogP contribution in [0.25, 0.3) is 17.0 Å². The van der Waals surface area contributed by atoms with Crippen molar-refractivity contribution in [3.8, 4) is 5.75 Å². The van der Waals surface area contributed by atoms with Crippen LogP contribution >= 0.6 is 0 Å². The van der Waals surface area contributed by atoms with Gasteiger partial charge in [0.1, 0.15) is 17.1 Å². The molecule has 1 aromatic carbocycles. The Labute approximate surface area is 133 Å². The van der Waals surface area contributed by atoms with E-state index in [0.717, 1.165) is 12.8 Å². The van der Waals surface area contributed by atoms with Crippen molar-refractivity contribution in [3.05, 3.63) is 47.8 Å². The van der Waals surface area contributed by atoms with Crippen LogP contribution in [0, 0.1) is 0 Å². The molecule has 0 aliphatic heterocycles. The number of fused-ring (bicyclic) bond motifs is 1. The van der Waals surface area contributed by atoms with Crippen LogP contribution in [0.15, 0.2) is 40.8 Å². The number of furan rings is 1. The van der Waals surface area contributed by atoms with E-state index in [4.69, 9.17) is 9.52 Å². The number of phenolic OH excluding ortho intramolecular Hbond substituents is 1. The molecule has 0 spiro atoms. The summed E-state index contributed by atoms with van der Waals surface area (Å²) in [5, 5.41) is 18.7. The number of carboxylic acids is 1. The molecule has 0 bridgehead atoms. The zero-order valence-corrected chi connectivity index (χ0v) is 12.6. The summed E-state index contributed by atoms with van der Waals surface area (Å²) in [6.45, 7) is 0. The van der Waals surface area contributed by atoms with Gasteiger partial charge in [-0.05, 0) is 43.5 Å². The largest absolute Gasteiger partial charge is 0.507 e. The normalized spacial score (nSPS) is 11.7. The monoisotopic (exact) mass is 314 g/mol. The second kappa shape index (κ2) is 7.98. The van der Waals surface area contributed by atoms with Gasteiger partial charge in [-0.15, -0.1) is 0 Å². The SMILES string of the molecule is O=Cc1c(O)ccc2oc(C=CC=CCCCCC(=O)O)cc12. The predicted molar refractivity (Wildman–Crippen MR) is 87.5 cm³/mol. The standard InChI is InChI=1S/C18H18O5/c19-12-15-14-11-13(23-17(14)10-9-16(15)20)7-5-3-1-2-4-6-8-18(21)22/h1,3,5,7,9-12,20H,2,4,6,8H2,(H,21,22). The molecule has 2 N–H and O–H groups in total. The Kier molecular flexibility index (Phi) is 5.74. The molecule has 0 aliphatic carbocycles. The van der Waals surface area contributed by atoms with Gasteiger partial charge in [0.15, 0.2) is 6.29 Å². The molecule has 0 atom stereocenters. The zero-order chi connectivity index (χ0) is 16.7. The molecule has 0 aliphatic rings. The molecule has 0 fully saturated rings. The lowest BCUT2D eigenvalue weighted by Gasteiger charge is -1.96. The van der Waals surface area contributed by atoms with Crippen molar-refractivity contribution < 1.29 is 24.2 Å². The third kappa shape index (κ3) is 4.57. The Morgan fingerprint density at radius 3 is 2.78 bits per heavy atom. The number of carbonyl (C=O) groups is 2. The van der Waals surface area contributed by atoms with Crippen molar-refractivity contribution in [1.82, 2.24) is 0 Å². The average Bonchev–Trinajstić information content (AvgIpc) is 2.92. The maximum atomic E-state index is 11.0. The lowest BCUT2D eigenvalue weighted by Crippen LogP contribution is -1.92. The number of hydrogen-bond acceptors (Lipinski definition) is 4. The van der Waals surface area contributed by atoms with Gasteiger partial charge in [0.2, 0.25) is 0 Å². The third-order valence-corrected chi connectivity index (χ3v) is 3.38. The molecule has 2 aromatic rings. The Morgan fingerprint density at radius 1 is 1.22 bits per heavy atom. The Balaban J connectivity index is 1.94. The topological polar surface area (TPSA) is 87.7 Å². The summed E-state index contributed by atoms with van der Waals surface area (Å²) in [6.07, 6.45) is 10.5. The molecule has 0 saturated heterocycles. The second-order valence-electron chi connectivity index (χ2n) is 5.10. The first-order valence-electron chi connectivity index (χ1n) is 7.37. The van der Waals surface area contributed by atoms with E-state index in [1.165, 1.54) is 6.07 Å². The van der Waals surface area contributed by atoms with E-state index in [2.05, 4.69) is 0 Å². The van der Waals surface area contributed by atoms with Crippen molar-refractivity contribution in [2.24, 2.45) is 0 Å². The molecule has 0 amide bonds. The number of carboxylic acid groups (broad SMARTS) is 1. The van der Waals surface area contributed by atoms with E-state index in [1.807, 2.05) is 18.2 Å². The fourth-order valence-electron chi connectivity index (χ4n) is 2.21. The van der Waals surface area contributed by atoms with Gasteiger partial charge in [-0.3, -0.25) is 9.59 Å². The van der Waals surface area contributed by atoms with Crippen molar-refractivity contribution in [2.45, 2.75) is 25.7 Å². The van der Waals surface area contributed by atoms with Crippen LogP contribution in [-0.2, 0) is 4.79 Å². The van der Waals surface area contributed by atoms with Gasteiger partial charge in [0.05, 0.1) is 5.56 Å². The summed E-state index contributed by atoms with van der Waals surface area (Å²) >= 11 is 0. The summed E-state index contributed by atoms with van der Waals surface area (Å²) < 4.78 is 5.58. The van der Waals surface area contributed by atoms with E-state index in [1.54, 1.807) is 18.2 Å². The van der Waals surface area contributed by atoms with Crippen LogP contribution in [0.3, 0.4) is 0 Å². The molecule has 2 rings (SSSR count). The molecule has 5 heteroatoms. The summed E-state index contributed by atoms with van der Waals surface area (Å²) in [6, 6.07) is 4.75. The van der Waals surface area contributed by atoms with Gasteiger partial charge in [-0.25, -0.2) is 0 Å². The van der Waals surface area contributed by atoms with Gasteiger partial charge >= 0.3 is 5.97 Å². The van der Waals surface area contributed by atoms with Gasteiger partial charge in [-0.1, -0.05) is 18.2 Å². The average molecular weight is 314 g/mol. The van der Waals surface area contributed by atoms with Crippen molar-refractivity contribution in [2.75, 3.05) is 0 Å². The van der Waals surface area contributed by atoms with E-state index in [9.17, 15) is 14.7 Å². The fourth-order valence-corrected chi connectivity index (χ4v) is 2.21. The van der Waals surface area contributed by atoms with Crippen molar-refractivity contribution in [1.29, 1.82) is 0 Å². The lowest BCUT2D eigenvalue weighted by molar-refractivity contribution is -0.137. The minimum Gasteiger partial charge on any atom is -0.507 e.